The first kappa shape index (κ1) is 72.2. The molecule has 2 aromatic carbocycles. The van der Waals surface area contributed by atoms with E-state index in [9.17, 15) is 35.8 Å². The van der Waals surface area contributed by atoms with Crippen molar-refractivity contribution in [3.05, 3.63) is 95.4 Å². The number of unbranched alkanes of at least 4 members (excludes halogenated alkanes) is 2. The van der Waals surface area contributed by atoms with Gasteiger partial charge in [-0.15, -0.1) is 0 Å². The van der Waals surface area contributed by atoms with Crippen molar-refractivity contribution < 1.29 is 97.4 Å². The van der Waals surface area contributed by atoms with E-state index in [-0.39, 0.29) is 29.4 Å². The Hall–Kier alpha value is -4.23. The van der Waals surface area contributed by atoms with Gasteiger partial charge in [-0.25, -0.2) is 0 Å². The number of benzene rings is 2. The van der Waals surface area contributed by atoms with Gasteiger partial charge in [-0.3, -0.25) is 13.9 Å². The van der Waals surface area contributed by atoms with Crippen molar-refractivity contribution in [1.29, 1.82) is 0 Å². The van der Waals surface area contributed by atoms with E-state index >= 15 is 0 Å². The van der Waals surface area contributed by atoms with Crippen LogP contribution in [0.3, 0.4) is 0 Å². The number of aliphatic carboxylic acids is 1. The Labute approximate surface area is 497 Å². The molecule has 2 aromatic rings. The average Bonchev–Trinajstić information content (AvgIpc) is 1.79. The van der Waals surface area contributed by atoms with E-state index in [1.165, 1.54) is 24.3 Å². The summed E-state index contributed by atoms with van der Waals surface area (Å²) in [5, 5.41) is 9.32. The van der Waals surface area contributed by atoms with Crippen LogP contribution in [-0.2, 0) is 97.4 Å². The molecule has 0 aromatic heterocycles. The monoisotopic (exact) mass is 1230 g/mol. The van der Waals surface area contributed by atoms with Crippen molar-refractivity contribution in [2.24, 2.45) is 0 Å². The zero-order chi connectivity index (χ0) is 60.9. The first-order valence-corrected chi connectivity index (χ1v) is 31.4. The summed E-state index contributed by atoms with van der Waals surface area (Å²) in [4.78, 5) is 15.0. The van der Waals surface area contributed by atoms with Gasteiger partial charge < -0.3 is 76.5 Å². The molecule has 25 heteroatoms. The van der Waals surface area contributed by atoms with Gasteiger partial charge in [0.2, 0.25) is 0 Å². The second-order valence-electron chi connectivity index (χ2n) is 20.0. The number of rotatable bonds is 50. The second kappa shape index (κ2) is 40.3. The molecule has 2 atom stereocenters. The summed E-state index contributed by atoms with van der Waals surface area (Å²) in [7, 11) is -4.30. The Kier molecular flexibility index (Phi) is 34.6. The molecule has 0 radical (unpaired) electrons. The molecule has 0 spiro atoms. The number of methoxy groups -OCH3 is 3. The van der Waals surface area contributed by atoms with Gasteiger partial charge in [-0.1, -0.05) is 37.6 Å². The Morgan fingerprint density at radius 2 is 0.893 bits per heavy atom. The molecule has 0 amide bonds. The first-order chi connectivity index (χ1) is 40.5. The summed E-state index contributed by atoms with van der Waals surface area (Å²) >= 11 is 0. The molecule has 476 valence electrons. The number of hydrogen-bond acceptors (Lipinski definition) is 20. The Morgan fingerprint density at radius 1 is 0.488 bits per heavy atom. The van der Waals surface area contributed by atoms with Crippen molar-refractivity contribution >= 4 is 37.6 Å². The average molecular weight is 1230 g/mol. The molecule has 2 unspecified atom stereocenters. The molecule has 0 saturated carbocycles. The molecule has 2 aliphatic rings. The molecule has 2 aliphatic heterocycles. The molecule has 84 heavy (non-hydrogen) atoms. The van der Waals surface area contributed by atoms with Crippen LogP contribution in [0, 0.1) is 0 Å². The molecule has 4 rings (SSSR count). The fourth-order valence-electron chi connectivity index (χ4n) is 9.37. The van der Waals surface area contributed by atoms with Crippen LogP contribution in [0.15, 0.2) is 94.0 Å². The summed E-state index contributed by atoms with van der Waals surface area (Å²) in [6, 6.07) is 9.14. The van der Waals surface area contributed by atoms with E-state index in [0.717, 1.165) is 22.6 Å². The molecule has 0 aliphatic carbocycles. The fourth-order valence-corrected chi connectivity index (χ4v) is 10.4. The lowest BCUT2D eigenvalue weighted by atomic mass is 9.71. The zero-order valence-electron chi connectivity index (χ0n) is 49.7. The van der Waals surface area contributed by atoms with Crippen molar-refractivity contribution in [2.45, 2.75) is 73.0 Å². The van der Waals surface area contributed by atoms with Gasteiger partial charge in [0.25, 0.3) is 20.2 Å². The van der Waals surface area contributed by atoms with E-state index in [1.807, 2.05) is 55.3 Å². The van der Waals surface area contributed by atoms with Crippen molar-refractivity contribution in [2.75, 3.05) is 196 Å². The molecule has 0 saturated heterocycles. The van der Waals surface area contributed by atoms with Crippen LogP contribution in [0.2, 0.25) is 0 Å². The van der Waals surface area contributed by atoms with E-state index in [0.29, 0.717) is 195 Å². The highest BCUT2D eigenvalue weighted by molar-refractivity contribution is 7.86. The Bertz CT molecular complexity index is 2560. The first-order valence-electron chi connectivity index (χ1n) is 28.5. The topological polar surface area (TPSA) is 273 Å². The van der Waals surface area contributed by atoms with E-state index in [2.05, 4.69) is 4.90 Å². The van der Waals surface area contributed by atoms with Crippen LogP contribution in [-0.4, -0.2) is 223 Å². The number of ether oxygens (including phenoxy) is 13. The van der Waals surface area contributed by atoms with Crippen LogP contribution in [0.4, 0.5) is 11.4 Å². The number of carbonyl (C=O) groups is 1. The van der Waals surface area contributed by atoms with Crippen molar-refractivity contribution in [3.8, 4) is 0 Å². The molecular weight excluding hydrogens is 1140 g/mol. The maximum atomic E-state index is 12.6. The largest absolute Gasteiger partial charge is 0.481 e. The molecule has 3 N–H and O–H groups in total. The van der Waals surface area contributed by atoms with Crippen LogP contribution in [0.1, 0.15) is 63.5 Å². The van der Waals surface area contributed by atoms with Gasteiger partial charge >= 0.3 is 5.97 Å². The van der Waals surface area contributed by atoms with Gasteiger partial charge in [0.15, 0.2) is 0 Å². The lowest BCUT2D eigenvalue weighted by molar-refractivity contribution is -0.137. The maximum Gasteiger partial charge on any atom is 0.303 e. The Morgan fingerprint density at radius 3 is 1.32 bits per heavy atom. The summed E-state index contributed by atoms with van der Waals surface area (Å²) in [6.07, 6.45) is 14.2. The minimum atomic E-state index is -4.57. The number of carboxylic acid groups (broad SMARTS) is 1. The number of anilines is 2. The molecular formula is C59H92N2O21S2. The fraction of sp³-hybridized carbons (Fsp3) is 0.644. The normalized spacial score (nSPS) is 17.8. The zero-order valence-corrected chi connectivity index (χ0v) is 51.4. The molecule has 23 nitrogen and oxygen atoms in total. The lowest BCUT2D eigenvalue weighted by Gasteiger charge is -2.41. The smallest absolute Gasteiger partial charge is 0.303 e. The van der Waals surface area contributed by atoms with Crippen LogP contribution < -0.4 is 9.80 Å². The standard InChI is InChI=1S/C59H92N2O21S2/c1-58(19-23-73-30-32-77-38-40-81-44-42-79-36-34-75-28-26-71-4)49(48-60(22-25-70-3)54-17-15-50(46-52(54)58)83(64,65)66)12-8-6-9-13-56-59(2,20-24-74-31-33-78-39-41-82-45-43-80-37-35-76-29-27-72-5)53-47-51(84(67,68)69)16-18-55(53)61(56)21-11-7-10-14-57(62)63/h6,8-9,12-13,15-18,46-48H,7,10-11,14,19-45H2,1-5H3,(H,62,63)(H,64,65,66)(H,67,68,69)/b9-6+,12-8+,56-13+. The van der Waals surface area contributed by atoms with Gasteiger partial charge in [-0.2, -0.15) is 16.8 Å². The highest BCUT2D eigenvalue weighted by Crippen LogP contribution is 2.51. The van der Waals surface area contributed by atoms with Crippen LogP contribution in [0.25, 0.3) is 0 Å². The van der Waals surface area contributed by atoms with Gasteiger partial charge in [-0.05, 0) is 91.8 Å². The molecule has 2 heterocycles. The minimum Gasteiger partial charge on any atom is -0.481 e. The lowest BCUT2D eigenvalue weighted by Crippen LogP contribution is -2.36. The second-order valence-corrected chi connectivity index (χ2v) is 22.8. The number of hydrogen-bond donors (Lipinski definition) is 3. The summed E-state index contributed by atoms with van der Waals surface area (Å²) < 4.78 is 143. The van der Waals surface area contributed by atoms with Crippen molar-refractivity contribution in [3.63, 3.8) is 0 Å². The third-order valence-electron chi connectivity index (χ3n) is 14.0. The minimum absolute atomic E-state index is 0.0383. The SMILES string of the molecule is COCCOCCOCCOCCOCCOCCC1(C)C(/C=C/C=C/C=C2/N(CCCCCC(=O)O)c3ccc(S(=O)(=O)O)cc3C2(C)CCOCCOCCOCCOCCOCCOC)=CN(CCOC)c2ccc(S(=O)(=O)O)cc21. The number of nitrogens with zero attached hydrogens (tertiary/aromatic N) is 2. The molecule has 0 bridgehead atoms. The highest BCUT2D eigenvalue weighted by atomic mass is 32.2. The van der Waals surface area contributed by atoms with Gasteiger partial charge in [0.1, 0.15) is 0 Å². The summed E-state index contributed by atoms with van der Waals surface area (Å²) in [5.74, 6) is -0.872. The van der Waals surface area contributed by atoms with Gasteiger partial charge in [0.05, 0.1) is 149 Å². The van der Waals surface area contributed by atoms with E-state index < -0.39 is 37.0 Å². The van der Waals surface area contributed by atoms with Gasteiger partial charge in [0, 0.05) is 88.2 Å². The third kappa shape index (κ3) is 25.6. The van der Waals surface area contributed by atoms with E-state index in [1.54, 1.807) is 33.5 Å². The molecule has 0 fully saturated rings. The van der Waals surface area contributed by atoms with Crippen LogP contribution >= 0.6 is 0 Å². The summed E-state index contributed by atoms with van der Waals surface area (Å²) in [6.45, 7) is 14.3. The summed E-state index contributed by atoms with van der Waals surface area (Å²) in [5.41, 5.74) is 2.86. The van der Waals surface area contributed by atoms with E-state index in [4.69, 9.17) is 61.6 Å². The Balaban J connectivity index is 1.50. The number of fused-ring (bicyclic) bond motifs is 2. The predicted octanol–water partition coefficient (Wildman–Crippen LogP) is 6.45. The predicted molar refractivity (Wildman–Crippen MR) is 316 cm³/mol. The maximum absolute atomic E-state index is 12.6. The third-order valence-corrected chi connectivity index (χ3v) is 15.7. The highest BCUT2D eigenvalue weighted by Gasteiger charge is 2.44. The number of carboxylic acids is 1. The van der Waals surface area contributed by atoms with Crippen LogP contribution in [0.5, 0.6) is 0 Å². The quantitative estimate of drug-likeness (QED) is 0.0365. The van der Waals surface area contributed by atoms with Crippen molar-refractivity contribution in [1.82, 2.24) is 0 Å². The number of allylic oxidation sites excluding steroid dienone is 7.